The molecule has 0 radical (unpaired) electrons. The number of benzene rings is 3. The molecule has 0 fully saturated rings. The second-order valence-electron chi connectivity index (χ2n) is 8.09. The van der Waals surface area contributed by atoms with E-state index in [-0.39, 0.29) is 4.90 Å². The van der Waals surface area contributed by atoms with Crippen LogP contribution in [0.15, 0.2) is 87.3 Å². The average Bonchev–Trinajstić information content (AvgIpc) is 3.22. The molecule has 0 aliphatic heterocycles. The molecule has 1 heterocycles. The Morgan fingerprint density at radius 1 is 0.971 bits per heavy atom. The number of aryl methyl sites for hydroxylation is 2. The van der Waals surface area contributed by atoms with Crippen molar-refractivity contribution in [2.24, 2.45) is 0 Å². The van der Waals surface area contributed by atoms with E-state index in [1.165, 1.54) is 11.1 Å². The normalized spacial score (nSPS) is 12.6. The van der Waals surface area contributed by atoms with Crippen LogP contribution in [0.25, 0.3) is 5.69 Å². The van der Waals surface area contributed by atoms with Crippen LogP contribution in [0.4, 0.5) is 0 Å². The van der Waals surface area contributed by atoms with Crippen molar-refractivity contribution in [3.8, 4) is 5.69 Å². The zero-order valence-corrected chi connectivity index (χ0v) is 22.3. The van der Waals surface area contributed by atoms with Gasteiger partial charge in [-0.2, -0.15) is 0 Å². The molecular weight excluding hydrogens is 532 g/mol. The molecule has 0 spiro atoms. The highest BCUT2D eigenvalue weighted by molar-refractivity contribution is 9.10. The Morgan fingerprint density at radius 3 is 2.35 bits per heavy atom. The molecule has 4 rings (SSSR count). The van der Waals surface area contributed by atoms with Gasteiger partial charge in [0, 0.05) is 15.9 Å². The summed E-state index contributed by atoms with van der Waals surface area (Å²) in [7, 11) is -3.74. The maximum atomic E-state index is 13.0. The van der Waals surface area contributed by atoms with Gasteiger partial charge >= 0.3 is 0 Å². The van der Waals surface area contributed by atoms with Crippen LogP contribution < -0.4 is 4.72 Å². The molecule has 0 bridgehead atoms. The molecule has 0 aliphatic carbocycles. The monoisotopic (exact) mass is 556 g/mol. The van der Waals surface area contributed by atoms with Gasteiger partial charge in [0.05, 0.1) is 10.9 Å². The van der Waals surface area contributed by atoms with Crippen molar-refractivity contribution in [3.05, 3.63) is 99.8 Å². The van der Waals surface area contributed by atoms with E-state index in [9.17, 15) is 8.42 Å². The average molecular weight is 558 g/mol. The van der Waals surface area contributed by atoms with Crippen LogP contribution in [0, 0.1) is 13.8 Å². The Hall–Kier alpha value is -2.46. The second kappa shape index (κ2) is 10.4. The zero-order valence-electron chi connectivity index (χ0n) is 19.1. The van der Waals surface area contributed by atoms with Crippen molar-refractivity contribution in [1.29, 1.82) is 0 Å². The van der Waals surface area contributed by atoms with E-state index < -0.39 is 16.1 Å². The lowest BCUT2D eigenvalue weighted by Crippen LogP contribution is -2.28. The maximum Gasteiger partial charge on any atom is 0.241 e. The lowest BCUT2D eigenvalue weighted by atomic mass is 10.2. The molecule has 1 N–H and O–H groups in total. The van der Waals surface area contributed by atoms with Gasteiger partial charge in [-0.1, -0.05) is 75.2 Å². The lowest BCUT2D eigenvalue weighted by Gasteiger charge is -2.17. The van der Waals surface area contributed by atoms with E-state index in [1.807, 2.05) is 41.8 Å². The Bertz CT molecular complexity index is 1390. The van der Waals surface area contributed by atoms with Crippen molar-refractivity contribution in [2.45, 2.75) is 42.6 Å². The largest absolute Gasteiger partial charge is 0.273 e. The number of sulfonamides is 1. The Kier molecular flexibility index (Phi) is 7.57. The molecule has 0 saturated carbocycles. The first kappa shape index (κ1) is 24.7. The number of hydrogen-bond acceptors (Lipinski definition) is 5. The number of hydrogen-bond donors (Lipinski definition) is 1. The smallest absolute Gasteiger partial charge is 0.241 e. The molecule has 9 heteroatoms. The van der Waals surface area contributed by atoms with Gasteiger partial charge < -0.3 is 0 Å². The zero-order chi connectivity index (χ0) is 24.3. The van der Waals surface area contributed by atoms with E-state index in [4.69, 9.17) is 0 Å². The summed E-state index contributed by atoms with van der Waals surface area (Å²) in [6.45, 7) is 5.87. The van der Waals surface area contributed by atoms with E-state index >= 15 is 0 Å². The highest BCUT2D eigenvalue weighted by atomic mass is 79.9. The summed E-state index contributed by atoms with van der Waals surface area (Å²) in [5, 5.41) is 9.52. The third kappa shape index (κ3) is 5.78. The quantitative estimate of drug-likeness (QED) is 0.270. The van der Waals surface area contributed by atoms with Crippen molar-refractivity contribution in [3.63, 3.8) is 0 Å². The summed E-state index contributed by atoms with van der Waals surface area (Å²) in [5.74, 6) is 1.25. The first-order valence-electron chi connectivity index (χ1n) is 10.7. The Balaban J connectivity index is 1.66. The third-order valence-corrected chi connectivity index (χ3v) is 8.33. The topological polar surface area (TPSA) is 76.9 Å². The summed E-state index contributed by atoms with van der Waals surface area (Å²) in [5.41, 5.74) is 4.41. The number of halogens is 1. The molecule has 1 unspecified atom stereocenters. The maximum absolute atomic E-state index is 13.0. The van der Waals surface area contributed by atoms with Gasteiger partial charge in [-0.3, -0.25) is 4.57 Å². The molecule has 0 saturated heterocycles. The van der Waals surface area contributed by atoms with Crippen LogP contribution in [0.5, 0.6) is 0 Å². The van der Waals surface area contributed by atoms with E-state index in [0.29, 0.717) is 11.0 Å². The molecule has 6 nitrogen and oxygen atoms in total. The van der Waals surface area contributed by atoms with E-state index in [1.54, 1.807) is 43.0 Å². The van der Waals surface area contributed by atoms with Gasteiger partial charge in [0.25, 0.3) is 0 Å². The standard InChI is InChI=1S/C25H25BrN4O2S2/c1-17-7-11-22(12-8-17)30-24(19(3)29-34(31,32)23-13-9-21(26)10-14-23)27-28-25(30)33-16-20-6-4-5-18(2)15-20/h4-15,19,29H,16H2,1-3H3. The SMILES string of the molecule is Cc1ccc(-n2c(SCc3cccc(C)c3)nnc2C(C)NS(=O)(=O)c2ccc(Br)cc2)cc1. The lowest BCUT2D eigenvalue weighted by molar-refractivity contribution is 0.556. The summed E-state index contributed by atoms with van der Waals surface area (Å²) >= 11 is 4.91. The fourth-order valence-electron chi connectivity index (χ4n) is 3.51. The number of nitrogens with zero attached hydrogens (tertiary/aromatic N) is 3. The molecule has 0 amide bonds. The van der Waals surface area contributed by atoms with Gasteiger partial charge in [-0.05, 0) is 62.7 Å². The van der Waals surface area contributed by atoms with Crippen molar-refractivity contribution in [2.75, 3.05) is 0 Å². The van der Waals surface area contributed by atoms with Gasteiger partial charge in [0.1, 0.15) is 0 Å². The molecule has 1 atom stereocenters. The fraction of sp³-hybridized carbons (Fsp3) is 0.200. The molecular formula is C25H25BrN4O2S2. The van der Waals surface area contributed by atoms with Gasteiger partial charge in [-0.25, -0.2) is 13.1 Å². The highest BCUT2D eigenvalue weighted by Gasteiger charge is 2.24. The van der Waals surface area contributed by atoms with Crippen LogP contribution in [0.3, 0.4) is 0 Å². The molecule has 176 valence electrons. The summed E-state index contributed by atoms with van der Waals surface area (Å²) < 4.78 is 31.4. The van der Waals surface area contributed by atoms with Crippen molar-refractivity contribution >= 4 is 37.7 Å². The van der Waals surface area contributed by atoms with Crippen LogP contribution >= 0.6 is 27.7 Å². The van der Waals surface area contributed by atoms with Crippen LogP contribution in [0.2, 0.25) is 0 Å². The van der Waals surface area contributed by atoms with Crippen LogP contribution in [-0.4, -0.2) is 23.2 Å². The highest BCUT2D eigenvalue weighted by Crippen LogP contribution is 2.28. The van der Waals surface area contributed by atoms with Crippen LogP contribution in [-0.2, 0) is 15.8 Å². The second-order valence-corrected chi connectivity index (χ2v) is 11.7. The van der Waals surface area contributed by atoms with Gasteiger partial charge in [0.2, 0.25) is 10.0 Å². The predicted octanol–water partition coefficient (Wildman–Crippen LogP) is 5.98. The summed E-state index contributed by atoms with van der Waals surface area (Å²) in [6, 6.07) is 22.3. The van der Waals surface area contributed by atoms with Crippen LogP contribution in [0.1, 0.15) is 35.5 Å². The first-order chi connectivity index (χ1) is 16.2. The minimum absolute atomic E-state index is 0.193. The molecule has 34 heavy (non-hydrogen) atoms. The summed E-state index contributed by atoms with van der Waals surface area (Å²) in [6.07, 6.45) is 0. The number of thioether (sulfide) groups is 1. The van der Waals surface area contributed by atoms with Crippen molar-refractivity contribution < 1.29 is 8.42 Å². The first-order valence-corrected chi connectivity index (χ1v) is 14.0. The minimum Gasteiger partial charge on any atom is -0.273 e. The molecule has 3 aromatic carbocycles. The number of nitrogens with one attached hydrogen (secondary N) is 1. The Morgan fingerprint density at radius 2 is 1.68 bits per heavy atom. The minimum atomic E-state index is -3.74. The number of rotatable bonds is 8. The van der Waals surface area contributed by atoms with E-state index in [2.05, 4.69) is 56.0 Å². The molecule has 4 aromatic rings. The van der Waals surface area contributed by atoms with Crippen molar-refractivity contribution in [1.82, 2.24) is 19.5 Å². The number of aromatic nitrogens is 3. The van der Waals surface area contributed by atoms with E-state index in [0.717, 1.165) is 21.5 Å². The summed E-state index contributed by atoms with van der Waals surface area (Å²) in [4.78, 5) is 0.193. The third-order valence-electron chi connectivity index (χ3n) is 5.24. The Labute approximate surface area is 213 Å². The van der Waals surface area contributed by atoms with Gasteiger partial charge in [-0.15, -0.1) is 10.2 Å². The molecule has 1 aromatic heterocycles. The molecule has 0 aliphatic rings. The fourth-order valence-corrected chi connectivity index (χ4v) is 5.88. The predicted molar refractivity (Wildman–Crippen MR) is 140 cm³/mol. The van der Waals surface area contributed by atoms with Gasteiger partial charge in [0.15, 0.2) is 11.0 Å².